The predicted molar refractivity (Wildman–Crippen MR) is 65.2 cm³/mol. The third-order valence-corrected chi connectivity index (χ3v) is 2.83. The summed E-state index contributed by atoms with van der Waals surface area (Å²) in [5.41, 5.74) is 1.39. The molecule has 2 heteroatoms. The number of aliphatic hydroxyl groups is 1. The second kappa shape index (κ2) is 3.71. The van der Waals surface area contributed by atoms with Crippen LogP contribution in [-0.4, -0.2) is 10.2 Å². The maximum absolute atomic E-state index is 9.96. The number of hydrogen-bond donors (Lipinski definition) is 2. The van der Waals surface area contributed by atoms with E-state index < -0.39 is 0 Å². The Morgan fingerprint density at radius 2 is 1.81 bits per heavy atom. The zero-order chi connectivity index (χ0) is 11.8. The van der Waals surface area contributed by atoms with Crippen LogP contribution in [0.1, 0.15) is 25.8 Å². The SMILES string of the molecule is CC1(C)C=C(O)C(c2ccccc2O)=CC1. The van der Waals surface area contributed by atoms with Gasteiger partial charge in [0, 0.05) is 11.1 Å². The summed E-state index contributed by atoms with van der Waals surface area (Å²) in [6.45, 7) is 4.14. The minimum atomic E-state index is -0.0159. The number of benzene rings is 1. The molecule has 1 aliphatic carbocycles. The van der Waals surface area contributed by atoms with Crippen molar-refractivity contribution in [1.29, 1.82) is 0 Å². The Balaban J connectivity index is 2.42. The van der Waals surface area contributed by atoms with Crippen LogP contribution in [0.4, 0.5) is 0 Å². The van der Waals surface area contributed by atoms with E-state index in [1.54, 1.807) is 12.1 Å². The maximum atomic E-state index is 9.96. The highest BCUT2D eigenvalue weighted by molar-refractivity contribution is 5.81. The fourth-order valence-corrected chi connectivity index (χ4v) is 1.93. The molecule has 0 bridgehead atoms. The zero-order valence-corrected chi connectivity index (χ0v) is 9.57. The van der Waals surface area contributed by atoms with Gasteiger partial charge in [0.25, 0.3) is 0 Å². The molecule has 1 aliphatic rings. The van der Waals surface area contributed by atoms with Crippen molar-refractivity contribution < 1.29 is 10.2 Å². The highest BCUT2D eigenvalue weighted by atomic mass is 16.3. The molecule has 0 radical (unpaired) electrons. The van der Waals surface area contributed by atoms with Crippen LogP contribution in [0.15, 0.2) is 42.2 Å². The van der Waals surface area contributed by atoms with Gasteiger partial charge in [-0.3, -0.25) is 0 Å². The summed E-state index contributed by atoms with van der Waals surface area (Å²) >= 11 is 0. The predicted octanol–water partition coefficient (Wildman–Crippen LogP) is 3.65. The van der Waals surface area contributed by atoms with E-state index in [0.717, 1.165) is 12.0 Å². The van der Waals surface area contributed by atoms with Gasteiger partial charge in [-0.15, -0.1) is 0 Å². The van der Waals surface area contributed by atoms with E-state index in [0.29, 0.717) is 5.56 Å². The lowest BCUT2D eigenvalue weighted by molar-refractivity contribution is 0.393. The maximum Gasteiger partial charge on any atom is 0.123 e. The Morgan fingerprint density at radius 3 is 2.44 bits per heavy atom. The summed E-state index contributed by atoms with van der Waals surface area (Å²) in [5.74, 6) is 0.450. The van der Waals surface area contributed by atoms with Crippen LogP contribution in [0.5, 0.6) is 5.75 Å². The van der Waals surface area contributed by atoms with E-state index in [4.69, 9.17) is 0 Å². The number of allylic oxidation sites excluding steroid dienone is 3. The number of phenolic OH excluding ortho intramolecular Hbond substituents is 1. The summed E-state index contributed by atoms with van der Waals surface area (Å²) in [7, 11) is 0. The molecule has 0 atom stereocenters. The first kappa shape index (κ1) is 10.8. The summed E-state index contributed by atoms with van der Waals surface area (Å²) in [5, 5.41) is 19.7. The number of hydrogen-bond acceptors (Lipinski definition) is 2. The molecule has 0 heterocycles. The average Bonchev–Trinajstić information content (AvgIpc) is 2.18. The van der Waals surface area contributed by atoms with Crippen molar-refractivity contribution in [3.63, 3.8) is 0 Å². The van der Waals surface area contributed by atoms with Gasteiger partial charge in [0.2, 0.25) is 0 Å². The lowest BCUT2D eigenvalue weighted by atomic mass is 9.81. The van der Waals surface area contributed by atoms with Crippen LogP contribution in [0.3, 0.4) is 0 Å². The van der Waals surface area contributed by atoms with Crippen molar-refractivity contribution in [2.75, 3.05) is 0 Å². The smallest absolute Gasteiger partial charge is 0.123 e. The number of aliphatic hydroxyl groups excluding tert-OH is 1. The lowest BCUT2D eigenvalue weighted by Gasteiger charge is -2.25. The molecule has 2 N–H and O–H groups in total. The summed E-state index contributed by atoms with van der Waals surface area (Å²) in [4.78, 5) is 0. The van der Waals surface area contributed by atoms with Gasteiger partial charge in [0.15, 0.2) is 0 Å². The molecule has 0 saturated heterocycles. The van der Waals surface area contributed by atoms with Gasteiger partial charge in [0.05, 0.1) is 0 Å². The topological polar surface area (TPSA) is 40.5 Å². The molecule has 2 rings (SSSR count). The molecule has 84 valence electrons. The molecular weight excluding hydrogens is 200 g/mol. The van der Waals surface area contributed by atoms with Crippen LogP contribution in [0.2, 0.25) is 0 Å². The molecule has 0 aromatic heterocycles. The van der Waals surface area contributed by atoms with Gasteiger partial charge >= 0.3 is 0 Å². The van der Waals surface area contributed by atoms with Crippen LogP contribution in [-0.2, 0) is 0 Å². The van der Waals surface area contributed by atoms with E-state index in [2.05, 4.69) is 13.8 Å². The van der Waals surface area contributed by atoms with Crippen LogP contribution in [0.25, 0.3) is 5.57 Å². The Bertz CT molecular complexity index is 467. The Labute approximate surface area is 95.6 Å². The number of rotatable bonds is 1. The molecule has 0 amide bonds. The molecule has 1 aromatic carbocycles. The molecule has 0 unspecified atom stereocenters. The molecular formula is C14H16O2. The minimum absolute atomic E-state index is 0.0159. The fourth-order valence-electron chi connectivity index (χ4n) is 1.93. The van der Waals surface area contributed by atoms with Crippen LogP contribution >= 0.6 is 0 Å². The highest BCUT2D eigenvalue weighted by Crippen LogP contribution is 2.38. The third-order valence-electron chi connectivity index (χ3n) is 2.83. The number of aromatic hydroxyl groups is 1. The molecule has 2 nitrogen and oxygen atoms in total. The average molecular weight is 216 g/mol. The number of phenols is 1. The normalized spacial score (nSPS) is 18.9. The van der Waals surface area contributed by atoms with E-state index in [1.165, 1.54) is 0 Å². The van der Waals surface area contributed by atoms with Gasteiger partial charge in [0.1, 0.15) is 11.5 Å². The largest absolute Gasteiger partial charge is 0.508 e. The van der Waals surface area contributed by atoms with Gasteiger partial charge < -0.3 is 10.2 Å². The van der Waals surface area contributed by atoms with E-state index >= 15 is 0 Å². The van der Waals surface area contributed by atoms with Crippen molar-refractivity contribution in [1.82, 2.24) is 0 Å². The third kappa shape index (κ3) is 1.96. The van der Waals surface area contributed by atoms with Crippen molar-refractivity contribution in [2.45, 2.75) is 20.3 Å². The molecule has 16 heavy (non-hydrogen) atoms. The molecule has 0 fully saturated rings. The Hall–Kier alpha value is -1.70. The molecule has 0 saturated carbocycles. The standard InChI is InChI=1S/C14H16O2/c1-14(2)8-7-11(13(16)9-14)10-5-3-4-6-12(10)15/h3-7,9,15-16H,8H2,1-2H3. The molecule has 1 aromatic rings. The first-order valence-electron chi connectivity index (χ1n) is 5.40. The van der Waals surface area contributed by atoms with Crippen molar-refractivity contribution in [2.24, 2.45) is 5.41 Å². The fraction of sp³-hybridized carbons (Fsp3) is 0.286. The Kier molecular flexibility index (Phi) is 2.50. The number of para-hydroxylation sites is 1. The summed E-state index contributed by atoms with van der Waals surface area (Å²) in [6, 6.07) is 7.06. The van der Waals surface area contributed by atoms with Crippen LogP contribution in [0, 0.1) is 5.41 Å². The van der Waals surface area contributed by atoms with Crippen molar-refractivity contribution in [3.05, 3.63) is 47.7 Å². The second-order valence-electron chi connectivity index (χ2n) is 4.86. The quantitative estimate of drug-likeness (QED) is 0.752. The van der Waals surface area contributed by atoms with Crippen LogP contribution < -0.4 is 0 Å². The van der Waals surface area contributed by atoms with Gasteiger partial charge in [-0.1, -0.05) is 38.1 Å². The summed E-state index contributed by atoms with van der Waals surface area (Å²) < 4.78 is 0. The first-order chi connectivity index (χ1) is 7.49. The Morgan fingerprint density at radius 1 is 1.12 bits per heavy atom. The summed E-state index contributed by atoms with van der Waals surface area (Å²) in [6.07, 6.45) is 4.68. The molecule has 0 aliphatic heterocycles. The zero-order valence-electron chi connectivity index (χ0n) is 9.57. The first-order valence-corrected chi connectivity index (χ1v) is 5.40. The van der Waals surface area contributed by atoms with Gasteiger partial charge in [-0.2, -0.15) is 0 Å². The van der Waals surface area contributed by atoms with Gasteiger partial charge in [-0.05, 0) is 24.0 Å². The lowest BCUT2D eigenvalue weighted by Crippen LogP contribution is -2.12. The minimum Gasteiger partial charge on any atom is -0.508 e. The van der Waals surface area contributed by atoms with E-state index in [1.807, 2.05) is 24.3 Å². The van der Waals surface area contributed by atoms with E-state index in [-0.39, 0.29) is 16.9 Å². The highest BCUT2D eigenvalue weighted by Gasteiger charge is 2.23. The molecule has 0 spiro atoms. The monoisotopic (exact) mass is 216 g/mol. The second-order valence-corrected chi connectivity index (χ2v) is 4.86. The van der Waals surface area contributed by atoms with E-state index in [9.17, 15) is 10.2 Å². The van der Waals surface area contributed by atoms with Gasteiger partial charge in [-0.25, -0.2) is 0 Å². The van der Waals surface area contributed by atoms with Crippen molar-refractivity contribution in [3.8, 4) is 5.75 Å². The van der Waals surface area contributed by atoms with Crippen molar-refractivity contribution >= 4 is 5.57 Å².